The van der Waals surface area contributed by atoms with E-state index in [0.29, 0.717) is 12.5 Å². The fourth-order valence-electron chi connectivity index (χ4n) is 3.26. The quantitative estimate of drug-likeness (QED) is 0.197. The topological polar surface area (TPSA) is 63.6 Å². The number of aliphatic carboxylic acids is 1. The van der Waals surface area contributed by atoms with Gasteiger partial charge in [-0.25, -0.2) is 0 Å². The van der Waals surface area contributed by atoms with E-state index >= 15 is 0 Å². The Hall–Kier alpha value is -1.06. The van der Waals surface area contributed by atoms with Crippen molar-refractivity contribution in [1.82, 2.24) is 0 Å². The third kappa shape index (κ3) is 18.1. The minimum atomic E-state index is -0.710. The molecule has 4 heteroatoms. The SMILES string of the molecule is CCCCCCCCC(CCCCCCCC(=O)O)C(=O)OCCC(C)C. The average Bonchev–Trinajstić information content (AvgIpc) is 2.61. The largest absolute Gasteiger partial charge is 0.481 e. The van der Waals surface area contributed by atoms with E-state index in [-0.39, 0.29) is 18.3 Å². The Balaban J connectivity index is 4.06. The van der Waals surface area contributed by atoms with Crippen LogP contribution in [0.25, 0.3) is 0 Å². The lowest BCUT2D eigenvalue weighted by molar-refractivity contribution is -0.149. The van der Waals surface area contributed by atoms with Crippen molar-refractivity contribution in [3.8, 4) is 0 Å². The maximum Gasteiger partial charge on any atom is 0.308 e. The summed E-state index contributed by atoms with van der Waals surface area (Å²) in [6, 6.07) is 0. The van der Waals surface area contributed by atoms with E-state index in [4.69, 9.17) is 9.84 Å². The van der Waals surface area contributed by atoms with Gasteiger partial charge in [0.25, 0.3) is 0 Å². The third-order valence-electron chi connectivity index (χ3n) is 5.12. The molecule has 0 bridgehead atoms. The van der Waals surface area contributed by atoms with Crippen molar-refractivity contribution in [2.45, 2.75) is 117 Å². The molecule has 0 saturated heterocycles. The molecule has 0 heterocycles. The maximum atomic E-state index is 12.4. The number of hydrogen-bond donors (Lipinski definition) is 1. The Morgan fingerprint density at radius 3 is 1.81 bits per heavy atom. The second-order valence-corrected chi connectivity index (χ2v) is 8.30. The number of carbonyl (C=O) groups is 2. The summed E-state index contributed by atoms with van der Waals surface area (Å²) in [6.45, 7) is 7.06. The van der Waals surface area contributed by atoms with Gasteiger partial charge in [-0.3, -0.25) is 9.59 Å². The zero-order valence-electron chi connectivity index (χ0n) is 18.1. The molecule has 0 fully saturated rings. The molecule has 4 nitrogen and oxygen atoms in total. The maximum absolute atomic E-state index is 12.4. The van der Waals surface area contributed by atoms with Crippen LogP contribution in [0.3, 0.4) is 0 Å². The number of hydrogen-bond acceptors (Lipinski definition) is 3. The number of ether oxygens (including phenoxy) is 1. The van der Waals surface area contributed by atoms with Gasteiger partial charge in [0, 0.05) is 6.42 Å². The summed E-state index contributed by atoms with van der Waals surface area (Å²) in [7, 11) is 0. The van der Waals surface area contributed by atoms with Crippen LogP contribution in [0.2, 0.25) is 0 Å². The van der Waals surface area contributed by atoms with Crippen LogP contribution in [0.4, 0.5) is 0 Å². The van der Waals surface area contributed by atoms with Crippen molar-refractivity contribution in [1.29, 1.82) is 0 Å². The fourth-order valence-corrected chi connectivity index (χ4v) is 3.26. The normalized spacial score (nSPS) is 12.3. The van der Waals surface area contributed by atoms with E-state index < -0.39 is 5.97 Å². The first-order chi connectivity index (χ1) is 13.0. The summed E-state index contributed by atoms with van der Waals surface area (Å²) >= 11 is 0. The highest BCUT2D eigenvalue weighted by molar-refractivity contribution is 5.72. The molecule has 160 valence electrons. The summed E-state index contributed by atoms with van der Waals surface area (Å²) in [5, 5.41) is 8.65. The van der Waals surface area contributed by atoms with Crippen LogP contribution in [0.1, 0.15) is 117 Å². The van der Waals surface area contributed by atoms with Crippen molar-refractivity contribution in [3.05, 3.63) is 0 Å². The Kier molecular flexibility index (Phi) is 17.6. The summed E-state index contributed by atoms with van der Waals surface area (Å²) in [4.78, 5) is 23.0. The zero-order chi connectivity index (χ0) is 20.3. The highest BCUT2D eigenvalue weighted by Crippen LogP contribution is 2.21. The highest BCUT2D eigenvalue weighted by atomic mass is 16.5. The first-order valence-corrected chi connectivity index (χ1v) is 11.4. The van der Waals surface area contributed by atoms with Crippen LogP contribution in [-0.2, 0) is 14.3 Å². The van der Waals surface area contributed by atoms with E-state index in [2.05, 4.69) is 20.8 Å². The Morgan fingerprint density at radius 1 is 0.778 bits per heavy atom. The van der Waals surface area contributed by atoms with Crippen LogP contribution in [0.15, 0.2) is 0 Å². The highest BCUT2D eigenvalue weighted by Gasteiger charge is 2.19. The van der Waals surface area contributed by atoms with Gasteiger partial charge in [0.05, 0.1) is 12.5 Å². The molecule has 0 aromatic rings. The summed E-state index contributed by atoms with van der Waals surface area (Å²) in [6.07, 6.45) is 15.4. The van der Waals surface area contributed by atoms with Gasteiger partial charge in [-0.05, 0) is 31.6 Å². The molecular weight excluding hydrogens is 340 g/mol. The average molecular weight is 385 g/mol. The molecule has 0 radical (unpaired) electrons. The zero-order valence-corrected chi connectivity index (χ0v) is 18.1. The summed E-state index contributed by atoms with van der Waals surface area (Å²) < 4.78 is 5.53. The van der Waals surface area contributed by atoms with E-state index in [1.165, 1.54) is 32.1 Å². The molecule has 1 N–H and O–H groups in total. The van der Waals surface area contributed by atoms with E-state index in [1.54, 1.807) is 0 Å². The minimum absolute atomic E-state index is 0.00455. The molecule has 0 spiro atoms. The van der Waals surface area contributed by atoms with Crippen LogP contribution >= 0.6 is 0 Å². The second-order valence-electron chi connectivity index (χ2n) is 8.30. The van der Waals surface area contributed by atoms with Crippen LogP contribution in [0.5, 0.6) is 0 Å². The Labute approximate surface area is 167 Å². The molecule has 0 saturated carbocycles. The molecular formula is C23H44O4. The second kappa shape index (κ2) is 18.3. The first kappa shape index (κ1) is 25.9. The molecule has 0 amide bonds. The fraction of sp³-hybridized carbons (Fsp3) is 0.913. The molecule has 1 unspecified atom stereocenters. The molecule has 0 aromatic heterocycles. The van der Waals surface area contributed by atoms with E-state index in [9.17, 15) is 9.59 Å². The van der Waals surface area contributed by atoms with Gasteiger partial charge < -0.3 is 9.84 Å². The predicted molar refractivity (Wildman–Crippen MR) is 112 cm³/mol. The lowest BCUT2D eigenvalue weighted by atomic mass is 9.94. The van der Waals surface area contributed by atoms with Crippen molar-refractivity contribution in [3.63, 3.8) is 0 Å². The van der Waals surface area contributed by atoms with E-state index in [1.807, 2.05) is 0 Å². The standard InChI is InChI=1S/C23H44O4/c1-4-5-6-7-9-12-15-21(23(26)27-19-18-20(2)3)16-13-10-8-11-14-17-22(24)25/h20-21H,4-19H2,1-3H3,(H,24,25). The Bertz CT molecular complexity index is 365. The van der Waals surface area contributed by atoms with E-state index in [0.717, 1.165) is 57.8 Å². The van der Waals surface area contributed by atoms with Crippen molar-refractivity contribution in [2.75, 3.05) is 6.61 Å². The number of carboxylic acids is 1. The van der Waals surface area contributed by atoms with Crippen molar-refractivity contribution < 1.29 is 19.4 Å². The molecule has 0 aliphatic carbocycles. The lowest BCUT2D eigenvalue weighted by Gasteiger charge is -2.16. The smallest absolute Gasteiger partial charge is 0.308 e. The summed E-state index contributed by atoms with van der Waals surface area (Å²) in [5.74, 6) is -0.115. The number of carboxylic acid groups (broad SMARTS) is 1. The minimum Gasteiger partial charge on any atom is -0.481 e. The van der Waals surface area contributed by atoms with Crippen molar-refractivity contribution >= 4 is 11.9 Å². The number of rotatable bonds is 19. The van der Waals surface area contributed by atoms with Gasteiger partial charge in [-0.1, -0.05) is 85.0 Å². The molecule has 0 aliphatic rings. The predicted octanol–water partition coefficient (Wildman–Crippen LogP) is 6.76. The number of esters is 1. The number of unbranched alkanes of at least 4 members (excludes halogenated alkanes) is 9. The first-order valence-electron chi connectivity index (χ1n) is 11.4. The van der Waals surface area contributed by atoms with Crippen molar-refractivity contribution in [2.24, 2.45) is 11.8 Å². The molecule has 0 rings (SSSR count). The molecule has 0 aliphatic heterocycles. The molecule has 0 aromatic carbocycles. The van der Waals surface area contributed by atoms with Crippen LogP contribution in [0, 0.1) is 11.8 Å². The van der Waals surface area contributed by atoms with Gasteiger partial charge in [0.2, 0.25) is 0 Å². The van der Waals surface area contributed by atoms with Gasteiger partial charge in [-0.15, -0.1) is 0 Å². The van der Waals surface area contributed by atoms with Gasteiger partial charge in [0.1, 0.15) is 0 Å². The van der Waals surface area contributed by atoms with Gasteiger partial charge in [-0.2, -0.15) is 0 Å². The molecule has 27 heavy (non-hydrogen) atoms. The number of carbonyl (C=O) groups excluding carboxylic acids is 1. The van der Waals surface area contributed by atoms with Crippen LogP contribution < -0.4 is 0 Å². The molecule has 1 atom stereocenters. The van der Waals surface area contributed by atoms with Crippen LogP contribution in [-0.4, -0.2) is 23.7 Å². The van der Waals surface area contributed by atoms with Gasteiger partial charge >= 0.3 is 11.9 Å². The Morgan fingerprint density at radius 2 is 1.30 bits per heavy atom. The summed E-state index contributed by atoms with van der Waals surface area (Å²) in [5.41, 5.74) is 0. The third-order valence-corrected chi connectivity index (χ3v) is 5.12. The van der Waals surface area contributed by atoms with Gasteiger partial charge in [0.15, 0.2) is 0 Å². The monoisotopic (exact) mass is 384 g/mol. The lowest BCUT2D eigenvalue weighted by Crippen LogP contribution is -2.19.